The molecule has 1 aromatic carbocycles. The van der Waals surface area contributed by atoms with Gasteiger partial charge >= 0.3 is 12.0 Å². The van der Waals surface area contributed by atoms with E-state index in [1.165, 1.54) is 11.3 Å². The van der Waals surface area contributed by atoms with E-state index in [0.29, 0.717) is 41.8 Å². The van der Waals surface area contributed by atoms with Crippen LogP contribution >= 0.6 is 11.3 Å². The first-order chi connectivity index (χ1) is 14.5. The van der Waals surface area contributed by atoms with E-state index in [0.717, 1.165) is 0 Å². The molecule has 0 saturated heterocycles. The molecule has 0 aliphatic heterocycles. The molecule has 2 aromatic rings. The number of amides is 2. The van der Waals surface area contributed by atoms with Crippen LogP contribution < -0.4 is 14.8 Å². The molecule has 0 aliphatic carbocycles. The molecule has 164 valence electrons. The molecule has 1 heterocycles. The molecule has 0 saturated carbocycles. The van der Waals surface area contributed by atoms with Crippen molar-refractivity contribution in [2.24, 2.45) is 0 Å². The number of carbonyl (C=O) groups excluding carboxylic acids is 2. The van der Waals surface area contributed by atoms with E-state index >= 15 is 0 Å². The lowest BCUT2D eigenvalue weighted by atomic mass is 10.2. The predicted molar refractivity (Wildman–Crippen MR) is 114 cm³/mol. The van der Waals surface area contributed by atoms with Gasteiger partial charge in [-0.1, -0.05) is 0 Å². The summed E-state index contributed by atoms with van der Waals surface area (Å²) < 4.78 is 20.6. The van der Waals surface area contributed by atoms with E-state index in [2.05, 4.69) is 10.3 Å². The molecule has 30 heavy (non-hydrogen) atoms. The highest BCUT2D eigenvalue weighted by atomic mass is 32.1. The van der Waals surface area contributed by atoms with Crippen LogP contribution in [0, 0.1) is 0 Å². The topological polar surface area (TPSA) is 99.2 Å². The zero-order valence-corrected chi connectivity index (χ0v) is 18.4. The first-order valence-corrected chi connectivity index (χ1v) is 10.3. The second-order valence-corrected chi connectivity index (χ2v) is 7.09. The predicted octanol–water partition coefficient (Wildman–Crippen LogP) is 3.41. The Morgan fingerprint density at radius 3 is 2.43 bits per heavy atom. The maximum absolute atomic E-state index is 12.9. The van der Waals surface area contributed by atoms with Crippen LogP contribution in [-0.2, 0) is 16.0 Å². The number of urea groups is 1. The number of methoxy groups -OCH3 is 3. The third-order valence-corrected chi connectivity index (χ3v) is 4.86. The molecule has 0 radical (unpaired) electrons. The quantitative estimate of drug-likeness (QED) is 0.425. The minimum atomic E-state index is -0.473. The Balaban J connectivity index is 2.13. The summed E-state index contributed by atoms with van der Waals surface area (Å²) in [6.45, 7) is 3.24. The number of thiazole rings is 1. The van der Waals surface area contributed by atoms with Gasteiger partial charge in [0.2, 0.25) is 0 Å². The summed E-state index contributed by atoms with van der Waals surface area (Å²) in [6, 6.07) is 4.82. The summed E-state index contributed by atoms with van der Waals surface area (Å²) in [7, 11) is 4.70. The van der Waals surface area contributed by atoms with Crippen LogP contribution in [0.3, 0.4) is 0 Å². The van der Waals surface area contributed by atoms with Crippen molar-refractivity contribution in [3.05, 3.63) is 34.3 Å². The lowest BCUT2D eigenvalue weighted by Gasteiger charge is -2.22. The number of hydrogen-bond donors (Lipinski definition) is 1. The monoisotopic (exact) mass is 437 g/mol. The molecular formula is C20H27N3O6S. The van der Waals surface area contributed by atoms with Crippen LogP contribution in [0.2, 0.25) is 0 Å². The highest BCUT2D eigenvalue weighted by Crippen LogP contribution is 2.26. The summed E-state index contributed by atoms with van der Waals surface area (Å²) >= 11 is 1.30. The van der Waals surface area contributed by atoms with Crippen LogP contribution in [0.25, 0.3) is 0 Å². The third kappa shape index (κ3) is 6.89. The molecular weight excluding hydrogens is 410 g/mol. The average molecular weight is 438 g/mol. The number of esters is 1. The van der Waals surface area contributed by atoms with E-state index in [-0.39, 0.29) is 24.9 Å². The average Bonchev–Trinajstić information content (AvgIpc) is 3.21. The Bertz CT molecular complexity index is 819. The summed E-state index contributed by atoms with van der Waals surface area (Å²) in [4.78, 5) is 30.7. The maximum Gasteiger partial charge on any atom is 0.357 e. The van der Waals surface area contributed by atoms with Crippen LogP contribution in [0.4, 0.5) is 10.5 Å². The molecule has 9 nitrogen and oxygen atoms in total. The van der Waals surface area contributed by atoms with E-state index in [9.17, 15) is 9.59 Å². The summed E-state index contributed by atoms with van der Waals surface area (Å²) in [5.41, 5.74) is 0.783. The van der Waals surface area contributed by atoms with E-state index in [1.807, 2.05) is 0 Å². The smallest absolute Gasteiger partial charge is 0.357 e. The highest BCUT2D eigenvalue weighted by Gasteiger charge is 2.18. The second kappa shape index (κ2) is 12.0. The molecule has 2 rings (SSSR count). The molecule has 0 fully saturated rings. The molecule has 0 bridgehead atoms. The van der Waals surface area contributed by atoms with Crippen molar-refractivity contribution in [3.8, 4) is 11.5 Å². The SMILES string of the molecule is CCOC(=O)c1csc(CN(CCCOC)C(=O)Nc2cc(OC)cc(OC)c2)n1. The van der Waals surface area contributed by atoms with Crippen molar-refractivity contribution in [1.82, 2.24) is 9.88 Å². The lowest BCUT2D eigenvalue weighted by Crippen LogP contribution is -2.35. The van der Waals surface area contributed by atoms with Crippen molar-refractivity contribution in [3.63, 3.8) is 0 Å². The summed E-state index contributed by atoms with van der Waals surface area (Å²) in [5.74, 6) is 0.656. The fraction of sp³-hybridized carbons (Fsp3) is 0.450. The Morgan fingerprint density at radius 1 is 1.13 bits per heavy atom. The van der Waals surface area contributed by atoms with Gasteiger partial charge in [-0.05, 0) is 13.3 Å². The Morgan fingerprint density at radius 2 is 1.83 bits per heavy atom. The number of anilines is 1. The van der Waals surface area contributed by atoms with Gasteiger partial charge in [-0.3, -0.25) is 0 Å². The minimum absolute atomic E-state index is 0.242. The first kappa shape index (κ1) is 23.4. The molecule has 0 spiro atoms. The van der Waals surface area contributed by atoms with Crippen LogP contribution in [0.15, 0.2) is 23.6 Å². The van der Waals surface area contributed by atoms with Gasteiger partial charge in [0.1, 0.15) is 16.5 Å². The van der Waals surface area contributed by atoms with Gasteiger partial charge in [-0.15, -0.1) is 11.3 Å². The highest BCUT2D eigenvalue weighted by molar-refractivity contribution is 7.09. The number of benzene rings is 1. The zero-order valence-electron chi connectivity index (χ0n) is 17.6. The van der Waals surface area contributed by atoms with Gasteiger partial charge in [0.05, 0.1) is 27.4 Å². The number of rotatable bonds is 11. The first-order valence-electron chi connectivity index (χ1n) is 9.40. The van der Waals surface area contributed by atoms with E-state index in [4.69, 9.17) is 18.9 Å². The third-order valence-electron chi connectivity index (χ3n) is 4.03. The van der Waals surface area contributed by atoms with Crippen molar-refractivity contribution in [1.29, 1.82) is 0 Å². The van der Waals surface area contributed by atoms with Gasteiger partial charge in [0.25, 0.3) is 0 Å². The number of hydrogen-bond acceptors (Lipinski definition) is 8. The molecule has 0 atom stereocenters. The van der Waals surface area contributed by atoms with Gasteiger partial charge in [0, 0.05) is 49.5 Å². The summed E-state index contributed by atoms with van der Waals surface area (Å²) in [6.07, 6.45) is 0.654. The zero-order chi connectivity index (χ0) is 21.9. The largest absolute Gasteiger partial charge is 0.497 e. The number of nitrogens with zero attached hydrogens (tertiary/aromatic N) is 2. The molecule has 1 aromatic heterocycles. The fourth-order valence-electron chi connectivity index (χ4n) is 2.58. The minimum Gasteiger partial charge on any atom is -0.497 e. The Kier molecular flexibility index (Phi) is 9.36. The van der Waals surface area contributed by atoms with Gasteiger partial charge in [0.15, 0.2) is 5.69 Å². The van der Waals surface area contributed by atoms with Crippen molar-refractivity contribution >= 4 is 29.0 Å². The number of nitrogens with one attached hydrogen (secondary N) is 1. The van der Waals surface area contributed by atoms with Crippen LogP contribution in [0.1, 0.15) is 28.8 Å². The molecule has 0 aliphatic rings. The van der Waals surface area contributed by atoms with Crippen molar-refractivity contribution < 1.29 is 28.5 Å². The molecule has 1 N–H and O–H groups in total. The van der Waals surface area contributed by atoms with Crippen LogP contribution in [0.5, 0.6) is 11.5 Å². The maximum atomic E-state index is 12.9. The normalized spacial score (nSPS) is 10.4. The number of ether oxygens (including phenoxy) is 4. The molecule has 10 heteroatoms. The Labute approximate surface area is 179 Å². The van der Waals surface area contributed by atoms with Crippen molar-refractivity contribution in [2.75, 3.05) is 46.4 Å². The number of carbonyl (C=O) groups is 2. The lowest BCUT2D eigenvalue weighted by molar-refractivity contribution is 0.0520. The fourth-order valence-corrected chi connectivity index (χ4v) is 3.36. The molecule has 0 unspecified atom stereocenters. The van der Waals surface area contributed by atoms with Crippen LogP contribution in [-0.4, -0.2) is 63.0 Å². The second-order valence-electron chi connectivity index (χ2n) is 6.15. The molecule has 2 amide bonds. The van der Waals surface area contributed by atoms with E-state index in [1.54, 1.807) is 56.7 Å². The standard InChI is InChI=1S/C20H27N3O6S/c1-5-29-19(24)17-13-30-18(22-17)12-23(7-6-8-26-2)20(25)21-14-9-15(27-3)11-16(10-14)28-4/h9-11,13H,5-8,12H2,1-4H3,(H,21,25). The van der Waals surface area contributed by atoms with Gasteiger partial charge in [-0.25, -0.2) is 14.6 Å². The number of aromatic nitrogens is 1. The summed E-state index contributed by atoms with van der Waals surface area (Å²) in [5, 5.41) is 5.12. The Hall–Kier alpha value is -2.85. The van der Waals surface area contributed by atoms with E-state index < -0.39 is 5.97 Å². The van der Waals surface area contributed by atoms with Gasteiger partial charge < -0.3 is 29.2 Å². The van der Waals surface area contributed by atoms with Gasteiger partial charge in [-0.2, -0.15) is 0 Å². The van der Waals surface area contributed by atoms with Crippen molar-refractivity contribution in [2.45, 2.75) is 19.9 Å².